The molecule has 2 amide bonds. The van der Waals surface area contributed by atoms with Crippen LogP contribution in [0, 0.1) is 0 Å². The number of rotatable bonds is 3. The van der Waals surface area contributed by atoms with E-state index in [-0.39, 0.29) is 12.1 Å². The molecular formula is C20H27BrN4O. The number of aromatic amines is 1. The van der Waals surface area contributed by atoms with Gasteiger partial charge < -0.3 is 20.1 Å². The molecular weight excluding hydrogens is 392 g/mol. The van der Waals surface area contributed by atoms with Gasteiger partial charge in [-0.3, -0.25) is 0 Å². The number of H-pyrrole nitrogens is 1. The van der Waals surface area contributed by atoms with E-state index >= 15 is 0 Å². The van der Waals surface area contributed by atoms with Gasteiger partial charge in [0, 0.05) is 48.5 Å². The van der Waals surface area contributed by atoms with E-state index < -0.39 is 0 Å². The highest BCUT2D eigenvalue weighted by molar-refractivity contribution is 9.10. The molecule has 2 heterocycles. The lowest BCUT2D eigenvalue weighted by atomic mass is 9.74. The molecule has 3 atom stereocenters. The van der Waals surface area contributed by atoms with Gasteiger partial charge in [-0.1, -0.05) is 12.1 Å². The van der Waals surface area contributed by atoms with Crippen LogP contribution in [0.4, 0.5) is 4.79 Å². The van der Waals surface area contributed by atoms with E-state index in [1.54, 1.807) is 0 Å². The van der Waals surface area contributed by atoms with E-state index in [1.165, 1.54) is 22.0 Å². The molecule has 2 aliphatic rings. The van der Waals surface area contributed by atoms with Gasteiger partial charge in [0.25, 0.3) is 0 Å². The van der Waals surface area contributed by atoms with Gasteiger partial charge in [0.15, 0.2) is 0 Å². The number of halogens is 1. The third-order valence-corrected chi connectivity index (χ3v) is 6.85. The normalized spacial score (nSPS) is 25.2. The quantitative estimate of drug-likeness (QED) is 0.798. The van der Waals surface area contributed by atoms with E-state index in [0.717, 1.165) is 37.1 Å². The number of benzene rings is 1. The Bertz CT molecular complexity index is 829. The van der Waals surface area contributed by atoms with Crippen molar-refractivity contribution in [2.75, 3.05) is 26.7 Å². The lowest BCUT2D eigenvalue weighted by Gasteiger charge is -2.46. The minimum absolute atomic E-state index is 0.0611. The molecule has 0 saturated carbocycles. The van der Waals surface area contributed by atoms with E-state index in [4.69, 9.17) is 0 Å². The molecule has 4 rings (SSSR count). The molecule has 6 heteroatoms. The maximum Gasteiger partial charge on any atom is 0.317 e. The van der Waals surface area contributed by atoms with Crippen LogP contribution in [0.1, 0.15) is 37.3 Å². The lowest BCUT2D eigenvalue weighted by Crippen LogP contribution is -2.56. The molecule has 1 aromatic carbocycles. The molecule has 1 fully saturated rings. The Morgan fingerprint density at radius 3 is 2.88 bits per heavy atom. The van der Waals surface area contributed by atoms with E-state index in [2.05, 4.69) is 56.4 Å². The first-order valence-electron chi connectivity index (χ1n) is 9.58. The number of likely N-dealkylation sites (tertiary alicyclic amines) is 1. The first kappa shape index (κ1) is 17.9. The number of piperidine rings is 1. The van der Waals surface area contributed by atoms with Crippen LogP contribution < -0.4 is 5.32 Å². The van der Waals surface area contributed by atoms with Crippen LogP contribution in [0.25, 0.3) is 10.9 Å². The number of urea groups is 1. The predicted octanol–water partition coefficient (Wildman–Crippen LogP) is 3.69. The minimum Gasteiger partial charge on any atom is -0.349 e. The summed E-state index contributed by atoms with van der Waals surface area (Å²) in [6.45, 7) is 6.45. The second-order valence-electron chi connectivity index (χ2n) is 7.56. The number of carbonyl (C=O) groups excluding carboxylic acids is 1. The van der Waals surface area contributed by atoms with Gasteiger partial charge in [-0.2, -0.15) is 0 Å². The molecule has 140 valence electrons. The smallest absolute Gasteiger partial charge is 0.317 e. The first-order valence-corrected chi connectivity index (χ1v) is 10.4. The van der Waals surface area contributed by atoms with Crippen molar-refractivity contribution in [2.45, 2.75) is 44.7 Å². The van der Waals surface area contributed by atoms with E-state index in [9.17, 15) is 4.79 Å². The SMILES string of the molecule is CCN(CC)C(=O)NC1CC2c3cccc4[nH]c(Br)c(c34)CC2N(C)C1. The fourth-order valence-corrected chi connectivity index (χ4v) is 5.44. The standard InChI is InChI=1S/C20H27BrN4O/c1-4-25(5-2)20(26)22-12-9-14-13-7-6-8-16-18(13)15(19(21)23-16)10-17(14)24(3)11-12/h6-8,12,14,17,23H,4-5,9-11H2,1-3H3,(H,22,26). The van der Waals surface area contributed by atoms with Gasteiger partial charge >= 0.3 is 6.03 Å². The topological polar surface area (TPSA) is 51.4 Å². The van der Waals surface area contributed by atoms with Crippen LogP contribution in [-0.4, -0.2) is 59.6 Å². The van der Waals surface area contributed by atoms with Crippen molar-refractivity contribution >= 4 is 32.9 Å². The number of aromatic nitrogens is 1. The van der Waals surface area contributed by atoms with Crippen molar-refractivity contribution in [2.24, 2.45) is 0 Å². The number of fused-ring (bicyclic) bond motifs is 2. The Balaban J connectivity index is 1.63. The maximum atomic E-state index is 12.5. The molecule has 0 bridgehead atoms. The van der Waals surface area contributed by atoms with Crippen molar-refractivity contribution in [3.63, 3.8) is 0 Å². The van der Waals surface area contributed by atoms with Gasteiger partial charge in [-0.05, 0) is 66.9 Å². The Morgan fingerprint density at radius 2 is 2.15 bits per heavy atom. The zero-order chi connectivity index (χ0) is 18.4. The Morgan fingerprint density at radius 1 is 1.38 bits per heavy atom. The summed E-state index contributed by atoms with van der Waals surface area (Å²) in [5.74, 6) is 0.453. The van der Waals surface area contributed by atoms with Crippen LogP contribution in [0.15, 0.2) is 22.8 Å². The largest absolute Gasteiger partial charge is 0.349 e. The molecule has 0 radical (unpaired) electrons. The summed E-state index contributed by atoms with van der Waals surface area (Å²) in [6, 6.07) is 7.30. The van der Waals surface area contributed by atoms with Crippen molar-refractivity contribution < 1.29 is 4.79 Å². The molecule has 26 heavy (non-hydrogen) atoms. The summed E-state index contributed by atoms with van der Waals surface area (Å²) in [5.41, 5.74) is 4.03. The summed E-state index contributed by atoms with van der Waals surface area (Å²) < 4.78 is 1.11. The van der Waals surface area contributed by atoms with Gasteiger partial charge in [-0.15, -0.1) is 0 Å². The highest BCUT2D eigenvalue weighted by Crippen LogP contribution is 2.45. The number of hydrogen-bond acceptors (Lipinski definition) is 2. The minimum atomic E-state index is 0.0611. The second-order valence-corrected chi connectivity index (χ2v) is 8.35. The highest BCUT2D eigenvalue weighted by Gasteiger charge is 2.40. The lowest BCUT2D eigenvalue weighted by molar-refractivity contribution is 0.124. The Labute approximate surface area is 163 Å². The third kappa shape index (κ3) is 2.83. The highest BCUT2D eigenvalue weighted by atomic mass is 79.9. The van der Waals surface area contributed by atoms with Crippen molar-refractivity contribution in [3.05, 3.63) is 33.9 Å². The van der Waals surface area contributed by atoms with Crippen molar-refractivity contribution in [3.8, 4) is 0 Å². The van der Waals surface area contributed by atoms with Gasteiger partial charge in [0.1, 0.15) is 0 Å². The van der Waals surface area contributed by atoms with Crippen LogP contribution in [0.3, 0.4) is 0 Å². The zero-order valence-corrected chi connectivity index (χ0v) is 17.3. The summed E-state index contributed by atoms with van der Waals surface area (Å²) in [6.07, 6.45) is 2.05. The number of nitrogens with one attached hydrogen (secondary N) is 2. The first-order chi connectivity index (χ1) is 12.5. The molecule has 0 spiro atoms. The molecule has 1 aromatic heterocycles. The summed E-state index contributed by atoms with van der Waals surface area (Å²) >= 11 is 3.71. The average Bonchev–Trinajstić information content (AvgIpc) is 2.94. The van der Waals surface area contributed by atoms with Gasteiger partial charge in [0.05, 0.1) is 4.60 Å². The number of nitrogens with zero attached hydrogens (tertiary/aromatic N) is 2. The fraction of sp³-hybridized carbons (Fsp3) is 0.550. The molecule has 2 aromatic rings. The average molecular weight is 419 g/mol. The van der Waals surface area contributed by atoms with Crippen molar-refractivity contribution in [1.82, 2.24) is 20.1 Å². The number of hydrogen-bond donors (Lipinski definition) is 2. The predicted molar refractivity (Wildman–Crippen MR) is 109 cm³/mol. The Kier molecular flexibility index (Phi) is 4.73. The number of carbonyl (C=O) groups is 1. The third-order valence-electron chi connectivity index (χ3n) is 6.18. The molecule has 1 aliphatic carbocycles. The molecule has 5 nitrogen and oxygen atoms in total. The van der Waals surface area contributed by atoms with Crippen LogP contribution in [-0.2, 0) is 6.42 Å². The van der Waals surface area contributed by atoms with Gasteiger partial charge in [0.2, 0.25) is 0 Å². The Hall–Kier alpha value is -1.53. The summed E-state index contributed by atoms with van der Waals surface area (Å²) in [7, 11) is 2.19. The van der Waals surface area contributed by atoms with Crippen molar-refractivity contribution in [1.29, 1.82) is 0 Å². The van der Waals surface area contributed by atoms with Crippen LogP contribution >= 0.6 is 15.9 Å². The second kappa shape index (κ2) is 6.89. The molecule has 3 unspecified atom stereocenters. The van der Waals surface area contributed by atoms with Crippen LogP contribution in [0.5, 0.6) is 0 Å². The summed E-state index contributed by atoms with van der Waals surface area (Å²) in [4.78, 5) is 20.3. The van der Waals surface area contributed by atoms with E-state index in [0.29, 0.717) is 12.0 Å². The zero-order valence-electron chi connectivity index (χ0n) is 15.7. The fourth-order valence-electron chi connectivity index (χ4n) is 4.87. The number of amides is 2. The maximum absolute atomic E-state index is 12.5. The monoisotopic (exact) mass is 418 g/mol. The molecule has 1 saturated heterocycles. The number of likely N-dealkylation sites (N-methyl/N-ethyl adjacent to an activating group) is 1. The van der Waals surface area contributed by atoms with Gasteiger partial charge in [-0.25, -0.2) is 4.79 Å². The van der Waals surface area contributed by atoms with Crippen LogP contribution in [0.2, 0.25) is 0 Å². The molecule has 1 aliphatic heterocycles. The summed E-state index contributed by atoms with van der Waals surface area (Å²) in [5, 5.41) is 4.65. The molecule has 2 N–H and O–H groups in total. The van der Waals surface area contributed by atoms with E-state index in [1.807, 2.05) is 18.7 Å².